The standard InChI is InChI=1S/C33H47Cl2N5O.C6H10.C2H6.CH4/c1-4-8-31-22-39(21-29(37)19-27-12-13-28(34)20-32(27)35)30(9-7-15-38-16-14-36)23-40(31)33(41)18-24-10-11-25(5-2)26(6-3)17-24;1-3-5-6-4-2;1-2;/h5-6,10-13,17,20,29-31,38H,2-4,7-9,14-16,18-19,21-23,36-37H2,1H3;3-6H,1-2H3;1-2H3;1H4/b;5-3-,6-4-;;/t29-,30?,31-;;;/m1.../s1. The third kappa shape index (κ3) is 17.0. The van der Waals surface area contributed by atoms with E-state index in [0.717, 1.165) is 74.1 Å². The zero-order valence-electron chi connectivity index (χ0n) is 30.8. The quantitative estimate of drug-likeness (QED) is 0.112. The minimum atomic E-state index is -0.0863. The van der Waals surface area contributed by atoms with E-state index in [1.54, 1.807) is 6.07 Å². The number of rotatable bonds is 17. The highest BCUT2D eigenvalue weighted by molar-refractivity contribution is 6.35. The fraction of sp³-hybridized carbons (Fsp3) is 0.500. The first-order valence-corrected chi connectivity index (χ1v) is 18.7. The molecular weight excluding hydrogens is 661 g/mol. The molecule has 50 heavy (non-hydrogen) atoms. The molecule has 3 rings (SSSR count). The molecule has 0 aliphatic carbocycles. The van der Waals surface area contributed by atoms with E-state index in [4.69, 9.17) is 34.7 Å². The van der Waals surface area contributed by atoms with Gasteiger partial charge in [0.2, 0.25) is 5.91 Å². The van der Waals surface area contributed by atoms with Gasteiger partial charge >= 0.3 is 0 Å². The summed E-state index contributed by atoms with van der Waals surface area (Å²) in [4.78, 5) is 18.4. The van der Waals surface area contributed by atoms with Gasteiger partial charge in [-0.3, -0.25) is 9.69 Å². The van der Waals surface area contributed by atoms with E-state index in [2.05, 4.69) is 41.3 Å². The van der Waals surface area contributed by atoms with Crippen LogP contribution in [0.2, 0.25) is 10.0 Å². The molecule has 0 radical (unpaired) electrons. The summed E-state index contributed by atoms with van der Waals surface area (Å²) in [5, 5.41) is 4.67. The highest BCUT2D eigenvalue weighted by Gasteiger charge is 2.36. The summed E-state index contributed by atoms with van der Waals surface area (Å²) >= 11 is 12.5. The normalized spacial score (nSPS) is 16.5. The topological polar surface area (TPSA) is 87.6 Å². The Balaban J connectivity index is 0.00000241. The molecule has 1 fully saturated rings. The van der Waals surface area contributed by atoms with Crippen molar-refractivity contribution in [3.05, 3.63) is 106 Å². The Bertz CT molecular complexity index is 1300. The first-order chi connectivity index (χ1) is 23.7. The lowest BCUT2D eigenvalue weighted by Crippen LogP contribution is -2.61. The Kier molecular flexibility index (Phi) is 26.4. The lowest BCUT2D eigenvalue weighted by molar-refractivity contribution is -0.137. The number of amides is 1. The third-order valence-corrected chi connectivity index (χ3v) is 8.96. The lowest BCUT2D eigenvalue weighted by Gasteiger charge is -2.47. The molecule has 1 amide bonds. The van der Waals surface area contributed by atoms with Gasteiger partial charge in [-0.05, 0) is 80.5 Å². The molecular formula is C42H67Cl2N5O. The average molecular weight is 729 g/mol. The zero-order valence-corrected chi connectivity index (χ0v) is 32.3. The van der Waals surface area contributed by atoms with E-state index < -0.39 is 0 Å². The van der Waals surface area contributed by atoms with Crippen molar-refractivity contribution in [2.75, 3.05) is 39.3 Å². The first-order valence-electron chi connectivity index (χ1n) is 18.0. The fourth-order valence-electron chi connectivity index (χ4n) is 6.01. The molecule has 1 aliphatic heterocycles. The van der Waals surface area contributed by atoms with E-state index >= 15 is 0 Å². The van der Waals surface area contributed by atoms with Gasteiger partial charge < -0.3 is 21.7 Å². The van der Waals surface area contributed by atoms with Crippen LogP contribution in [0.3, 0.4) is 0 Å². The van der Waals surface area contributed by atoms with Crippen LogP contribution in [0.15, 0.2) is 73.9 Å². The van der Waals surface area contributed by atoms with Crippen LogP contribution in [-0.4, -0.2) is 73.1 Å². The van der Waals surface area contributed by atoms with Crippen LogP contribution in [0, 0.1) is 0 Å². The summed E-state index contributed by atoms with van der Waals surface area (Å²) in [6, 6.07) is 12.0. The number of benzene rings is 2. The van der Waals surface area contributed by atoms with Gasteiger partial charge in [-0.2, -0.15) is 0 Å². The second-order valence-electron chi connectivity index (χ2n) is 12.1. The van der Waals surface area contributed by atoms with E-state index in [9.17, 15) is 4.79 Å². The van der Waals surface area contributed by atoms with Crippen LogP contribution >= 0.6 is 23.2 Å². The number of piperazine rings is 1. The molecule has 280 valence electrons. The molecule has 2 aromatic rings. The van der Waals surface area contributed by atoms with Gasteiger partial charge in [0.25, 0.3) is 0 Å². The van der Waals surface area contributed by atoms with Gasteiger partial charge in [0, 0.05) is 60.9 Å². The molecule has 3 atom stereocenters. The summed E-state index contributed by atoms with van der Waals surface area (Å²) < 4.78 is 0. The minimum absolute atomic E-state index is 0. The summed E-state index contributed by atoms with van der Waals surface area (Å²) in [6.45, 7) is 22.6. The lowest BCUT2D eigenvalue weighted by atomic mass is 9.96. The largest absolute Gasteiger partial charge is 0.337 e. The molecule has 1 unspecified atom stereocenters. The van der Waals surface area contributed by atoms with Crippen molar-refractivity contribution in [3.63, 3.8) is 0 Å². The molecule has 0 bridgehead atoms. The first kappa shape index (κ1) is 47.3. The van der Waals surface area contributed by atoms with Gasteiger partial charge in [-0.15, -0.1) is 0 Å². The Morgan fingerprint density at radius 3 is 2.24 bits per heavy atom. The Morgan fingerprint density at radius 1 is 0.980 bits per heavy atom. The zero-order chi connectivity index (χ0) is 36.6. The van der Waals surface area contributed by atoms with E-state index in [1.807, 2.05) is 88.4 Å². The number of nitrogens with one attached hydrogen (secondary N) is 1. The predicted octanol–water partition coefficient (Wildman–Crippen LogP) is 9.20. The van der Waals surface area contributed by atoms with Crippen LogP contribution in [-0.2, 0) is 17.6 Å². The van der Waals surface area contributed by atoms with Crippen molar-refractivity contribution in [2.45, 2.75) is 98.7 Å². The van der Waals surface area contributed by atoms with Crippen LogP contribution in [0.5, 0.6) is 0 Å². The van der Waals surface area contributed by atoms with Crippen molar-refractivity contribution in [1.82, 2.24) is 15.1 Å². The summed E-state index contributed by atoms with van der Waals surface area (Å²) in [6.07, 6.45) is 16.6. The third-order valence-electron chi connectivity index (χ3n) is 8.37. The number of carbonyl (C=O) groups is 1. The maximum absolute atomic E-state index is 13.8. The average Bonchev–Trinajstić information content (AvgIpc) is 3.10. The van der Waals surface area contributed by atoms with Gasteiger partial charge in [0.05, 0.1) is 6.42 Å². The minimum Gasteiger partial charge on any atom is -0.337 e. The SMILES string of the molecule is C.C/C=C\C=C/C.C=Cc1ccc(CC(=O)N2CC(CCCNCCN)N(C[C@H](N)Cc3ccc(Cl)cc3Cl)C[C@H]2CCC)cc1C=C.CC. The van der Waals surface area contributed by atoms with Gasteiger partial charge in [0.1, 0.15) is 0 Å². The van der Waals surface area contributed by atoms with Crippen molar-refractivity contribution in [1.29, 1.82) is 0 Å². The number of allylic oxidation sites excluding steroid dienone is 4. The number of nitrogens with two attached hydrogens (primary N) is 2. The molecule has 0 saturated carbocycles. The second-order valence-corrected chi connectivity index (χ2v) is 12.9. The van der Waals surface area contributed by atoms with Crippen molar-refractivity contribution < 1.29 is 4.79 Å². The molecule has 2 aromatic carbocycles. The van der Waals surface area contributed by atoms with Gasteiger partial charge in [-0.25, -0.2) is 0 Å². The Labute approximate surface area is 315 Å². The maximum atomic E-state index is 13.8. The highest BCUT2D eigenvalue weighted by Crippen LogP contribution is 2.26. The molecule has 1 saturated heterocycles. The van der Waals surface area contributed by atoms with Gasteiger partial charge in [-0.1, -0.05) is 132 Å². The number of hydrogen-bond acceptors (Lipinski definition) is 5. The molecule has 5 N–H and O–H groups in total. The number of hydrogen-bond donors (Lipinski definition) is 3. The number of carbonyl (C=O) groups excluding carboxylic acids is 1. The fourth-order valence-corrected chi connectivity index (χ4v) is 6.50. The molecule has 8 heteroatoms. The number of nitrogens with zero attached hydrogens (tertiary/aromatic N) is 2. The second kappa shape index (κ2) is 27.9. The van der Waals surface area contributed by atoms with Crippen molar-refractivity contribution >= 4 is 41.3 Å². The summed E-state index contributed by atoms with van der Waals surface area (Å²) in [7, 11) is 0. The Hall–Kier alpha value is -2.71. The Morgan fingerprint density at radius 2 is 1.66 bits per heavy atom. The van der Waals surface area contributed by atoms with E-state index in [1.165, 1.54) is 0 Å². The predicted molar refractivity (Wildman–Crippen MR) is 223 cm³/mol. The van der Waals surface area contributed by atoms with Crippen molar-refractivity contribution in [3.8, 4) is 0 Å². The van der Waals surface area contributed by atoms with Crippen LogP contribution < -0.4 is 16.8 Å². The van der Waals surface area contributed by atoms with Gasteiger partial charge in [0.15, 0.2) is 0 Å². The molecule has 6 nitrogen and oxygen atoms in total. The van der Waals surface area contributed by atoms with Crippen LogP contribution in [0.4, 0.5) is 0 Å². The highest BCUT2D eigenvalue weighted by atomic mass is 35.5. The van der Waals surface area contributed by atoms with Crippen LogP contribution in [0.1, 0.15) is 90.0 Å². The summed E-state index contributed by atoms with van der Waals surface area (Å²) in [5.74, 6) is 0.174. The molecule has 0 aromatic heterocycles. The van der Waals surface area contributed by atoms with E-state index in [-0.39, 0.29) is 31.5 Å². The smallest absolute Gasteiger partial charge is 0.227 e. The monoisotopic (exact) mass is 727 g/mol. The molecule has 0 spiro atoms. The van der Waals surface area contributed by atoms with E-state index in [0.29, 0.717) is 36.0 Å². The molecule has 1 heterocycles. The van der Waals surface area contributed by atoms with Crippen LogP contribution in [0.25, 0.3) is 12.2 Å². The van der Waals surface area contributed by atoms with Crippen molar-refractivity contribution in [2.24, 2.45) is 11.5 Å². The molecule has 1 aliphatic rings. The number of halogens is 2. The summed E-state index contributed by atoms with van der Waals surface area (Å²) in [5.41, 5.74) is 16.4. The maximum Gasteiger partial charge on any atom is 0.227 e.